The Hall–Kier alpha value is -1.88. The van der Waals surface area contributed by atoms with Crippen LogP contribution >= 0.6 is 15.9 Å². The first-order chi connectivity index (χ1) is 10.5. The summed E-state index contributed by atoms with van der Waals surface area (Å²) in [5.74, 6) is -0.0601. The van der Waals surface area contributed by atoms with Gasteiger partial charge in [0.1, 0.15) is 0 Å². The van der Waals surface area contributed by atoms with Gasteiger partial charge in [-0.25, -0.2) is 0 Å². The van der Waals surface area contributed by atoms with Gasteiger partial charge in [0, 0.05) is 28.7 Å². The predicted molar refractivity (Wildman–Crippen MR) is 90.8 cm³/mol. The number of hydrogen-bond acceptors (Lipinski definition) is 2. The van der Waals surface area contributed by atoms with Crippen molar-refractivity contribution in [2.24, 2.45) is 0 Å². The monoisotopic (exact) mass is 362 g/mol. The predicted octanol–water partition coefficient (Wildman–Crippen LogP) is 3.00. The molecular weight excluding hydrogens is 344 g/mol. The number of aryl methyl sites for hydroxylation is 3. The number of amides is 1. The highest BCUT2D eigenvalue weighted by Crippen LogP contribution is 2.17. The van der Waals surface area contributed by atoms with Crippen molar-refractivity contribution in [2.75, 3.05) is 0 Å². The normalized spacial score (nSPS) is 10.5. The number of rotatable bonds is 5. The van der Waals surface area contributed by atoms with Gasteiger partial charge in [0.15, 0.2) is 0 Å². The van der Waals surface area contributed by atoms with Gasteiger partial charge in [0.05, 0.1) is 0 Å². The Kier molecular flexibility index (Phi) is 5.55. The van der Waals surface area contributed by atoms with E-state index >= 15 is 0 Å². The van der Waals surface area contributed by atoms with E-state index in [1.807, 2.05) is 44.2 Å². The minimum absolute atomic E-state index is 0.0601. The minimum atomic E-state index is -0.136. The number of carbonyl (C=O) groups is 1. The summed E-state index contributed by atoms with van der Waals surface area (Å²) in [6, 6.07) is 9.76. The van der Waals surface area contributed by atoms with Crippen LogP contribution in [0.4, 0.5) is 0 Å². The summed E-state index contributed by atoms with van der Waals surface area (Å²) < 4.78 is 1.01. The molecule has 0 spiro atoms. The zero-order valence-electron chi connectivity index (χ0n) is 12.7. The van der Waals surface area contributed by atoms with E-state index in [1.54, 1.807) is 0 Å². The molecule has 1 amide bonds. The number of hydrogen-bond donors (Lipinski definition) is 2. The van der Waals surface area contributed by atoms with Gasteiger partial charge in [-0.3, -0.25) is 9.59 Å². The molecule has 0 saturated heterocycles. The molecule has 0 fully saturated rings. The molecule has 0 aliphatic carbocycles. The van der Waals surface area contributed by atoms with Crippen molar-refractivity contribution in [1.82, 2.24) is 10.3 Å². The molecule has 0 saturated carbocycles. The highest BCUT2D eigenvalue weighted by atomic mass is 79.9. The molecule has 0 unspecified atom stereocenters. The first kappa shape index (κ1) is 16.5. The molecule has 116 valence electrons. The van der Waals surface area contributed by atoms with Crippen LogP contribution in [0.3, 0.4) is 0 Å². The maximum atomic E-state index is 12.0. The zero-order chi connectivity index (χ0) is 16.1. The van der Waals surface area contributed by atoms with E-state index in [0.29, 0.717) is 18.4 Å². The average Bonchev–Trinajstić information content (AvgIpc) is 2.45. The summed E-state index contributed by atoms with van der Waals surface area (Å²) in [6.45, 7) is 3.98. The largest absolute Gasteiger partial charge is 0.352 e. The lowest BCUT2D eigenvalue weighted by atomic mass is 10.1. The van der Waals surface area contributed by atoms with Crippen molar-refractivity contribution >= 4 is 21.8 Å². The number of carbonyl (C=O) groups excluding carboxylic acids is 1. The van der Waals surface area contributed by atoms with E-state index in [4.69, 9.17) is 0 Å². The van der Waals surface area contributed by atoms with Crippen molar-refractivity contribution in [2.45, 2.75) is 33.2 Å². The standard InChI is InChI=1S/C17H19BrN2O2/c1-11-9-12(2)20-17(22)14(11)10-19-16(21)8-7-13-5-3-4-6-15(13)18/h3-6,9H,7-8,10H2,1-2H3,(H,19,21)(H,20,22). The third kappa shape index (κ3) is 4.31. The number of halogens is 1. The van der Waals surface area contributed by atoms with Crippen molar-refractivity contribution in [3.63, 3.8) is 0 Å². The topological polar surface area (TPSA) is 62.0 Å². The third-order valence-electron chi connectivity index (χ3n) is 3.54. The Bertz CT molecular complexity index is 738. The third-order valence-corrected chi connectivity index (χ3v) is 4.31. The van der Waals surface area contributed by atoms with Gasteiger partial charge in [0.25, 0.3) is 5.56 Å². The van der Waals surface area contributed by atoms with Crippen LogP contribution in [0.5, 0.6) is 0 Å². The van der Waals surface area contributed by atoms with Gasteiger partial charge in [-0.1, -0.05) is 34.1 Å². The van der Waals surface area contributed by atoms with Crippen LogP contribution in [0.1, 0.15) is 28.8 Å². The van der Waals surface area contributed by atoms with Gasteiger partial charge in [-0.2, -0.15) is 0 Å². The minimum Gasteiger partial charge on any atom is -0.352 e. The molecule has 2 N–H and O–H groups in total. The van der Waals surface area contributed by atoms with Gasteiger partial charge in [-0.15, -0.1) is 0 Å². The van der Waals surface area contributed by atoms with Gasteiger partial charge >= 0.3 is 0 Å². The molecule has 2 rings (SSSR count). The molecule has 0 atom stereocenters. The summed E-state index contributed by atoms with van der Waals surface area (Å²) in [4.78, 5) is 26.6. The van der Waals surface area contributed by atoms with E-state index in [2.05, 4.69) is 26.2 Å². The fourth-order valence-electron chi connectivity index (χ4n) is 2.33. The van der Waals surface area contributed by atoms with Crippen LogP contribution in [0.15, 0.2) is 39.6 Å². The second-order valence-corrected chi connectivity index (χ2v) is 6.17. The Balaban J connectivity index is 1.91. The van der Waals surface area contributed by atoms with Crippen LogP contribution in [0.25, 0.3) is 0 Å². The summed E-state index contributed by atoms with van der Waals surface area (Å²) >= 11 is 3.47. The van der Waals surface area contributed by atoms with E-state index < -0.39 is 0 Å². The Morgan fingerprint density at radius 2 is 2.00 bits per heavy atom. The molecule has 4 nitrogen and oxygen atoms in total. The highest BCUT2D eigenvalue weighted by Gasteiger charge is 2.08. The van der Waals surface area contributed by atoms with E-state index in [1.165, 1.54) is 0 Å². The van der Waals surface area contributed by atoms with Crippen LogP contribution < -0.4 is 10.9 Å². The van der Waals surface area contributed by atoms with Gasteiger partial charge in [-0.05, 0) is 43.5 Å². The first-order valence-corrected chi connectivity index (χ1v) is 7.96. The highest BCUT2D eigenvalue weighted by molar-refractivity contribution is 9.10. The van der Waals surface area contributed by atoms with Crippen LogP contribution in [-0.2, 0) is 17.8 Å². The fourth-order valence-corrected chi connectivity index (χ4v) is 2.81. The van der Waals surface area contributed by atoms with E-state index in [9.17, 15) is 9.59 Å². The molecule has 0 aliphatic heterocycles. The number of pyridine rings is 1. The Labute approximate surface area is 138 Å². The quantitative estimate of drug-likeness (QED) is 0.858. The first-order valence-electron chi connectivity index (χ1n) is 7.17. The SMILES string of the molecule is Cc1cc(C)c(CNC(=O)CCc2ccccc2Br)c(=O)[nH]1. The van der Waals surface area contributed by atoms with E-state index in [-0.39, 0.29) is 18.0 Å². The molecule has 0 bridgehead atoms. The Morgan fingerprint density at radius 3 is 2.68 bits per heavy atom. The second-order valence-electron chi connectivity index (χ2n) is 5.31. The Morgan fingerprint density at radius 1 is 1.27 bits per heavy atom. The van der Waals surface area contributed by atoms with Crippen LogP contribution in [0.2, 0.25) is 0 Å². The summed E-state index contributed by atoms with van der Waals surface area (Å²) in [5.41, 5.74) is 3.30. The number of aromatic nitrogens is 1. The summed E-state index contributed by atoms with van der Waals surface area (Å²) in [5, 5.41) is 2.82. The zero-order valence-corrected chi connectivity index (χ0v) is 14.3. The lowest BCUT2D eigenvalue weighted by Gasteiger charge is -2.08. The molecular formula is C17H19BrN2O2. The molecule has 0 radical (unpaired) electrons. The maximum absolute atomic E-state index is 12.0. The summed E-state index contributed by atoms with van der Waals surface area (Å²) in [6.07, 6.45) is 1.06. The van der Waals surface area contributed by atoms with Crippen LogP contribution in [0, 0.1) is 13.8 Å². The van der Waals surface area contributed by atoms with Crippen molar-refractivity contribution < 1.29 is 4.79 Å². The maximum Gasteiger partial charge on any atom is 0.253 e. The van der Waals surface area contributed by atoms with Crippen molar-refractivity contribution in [1.29, 1.82) is 0 Å². The van der Waals surface area contributed by atoms with Crippen molar-refractivity contribution in [3.05, 3.63) is 67.5 Å². The molecule has 0 aliphatic rings. The second kappa shape index (κ2) is 7.40. The number of nitrogens with one attached hydrogen (secondary N) is 2. The molecule has 5 heteroatoms. The fraction of sp³-hybridized carbons (Fsp3) is 0.294. The smallest absolute Gasteiger partial charge is 0.253 e. The molecule has 22 heavy (non-hydrogen) atoms. The molecule has 1 aromatic carbocycles. The lowest BCUT2D eigenvalue weighted by Crippen LogP contribution is -2.28. The molecule has 2 aromatic rings. The van der Waals surface area contributed by atoms with Crippen LogP contribution in [-0.4, -0.2) is 10.9 Å². The van der Waals surface area contributed by atoms with E-state index in [0.717, 1.165) is 21.3 Å². The molecule has 1 heterocycles. The van der Waals surface area contributed by atoms with Crippen molar-refractivity contribution in [3.8, 4) is 0 Å². The average molecular weight is 363 g/mol. The van der Waals surface area contributed by atoms with Gasteiger partial charge < -0.3 is 10.3 Å². The summed E-state index contributed by atoms with van der Waals surface area (Å²) in [7, 11) is 0. The molecule has 1 aromatic heterocycles. The number of aromatic amines is 1. The number of benzene rings is 1. The van der Waals surface area contributed by atoms with Gasteiger partial charge in [0.2, 0.25) is 5.91 Å². The lowest BCUT2D eigenvalue weighted by molar-refractivity contribution is -0.121. The number of H-pyrrole nitrogens is 1.